The van der Waals surface area contributed by atoms with Gasteiger partial charge in [0.2, 0.25) is 6.79 Å². The SMILES string of the molecule is COc1ccc(C2=C(N(C)CCO)C(=O)N(Cc3ccc4c(c3)OCO4)C2=O)cc1. The van der Waals surface area contributed by atoms with Crippen molar-refractivity contribution in [3.8, 4) is 17.2 Å². The van der Waals surface area contributed by atoms with E-state index in [4.69, 9.17) is 14.2 Å². The highest BCUT2D eigenvalue weighted by Gasteiger charge is 2.40. The van der Waals surface area contributed by atoms with Gasteiger partial charge in [0, 0.05) is 13.6 Å². The molecule has 2 aliphatic heterocycles. The van der Waals surface area contributed by atoms with E-state index in [1.165, 1.54) is 4.90 Å². The summed E-state index contributed by atoms with van der Waals surface area (Å²) in [6, 6.07) is 12.3. The monoisotopic (exact) mass is 410 g/mol. The Morgan fingerprint density at radius 3 is 2.50 bits per heavy atom. The van der Waals surface area contributed by atoms with Crippen LogP contribution in [0.2, 0.25) is 0 Å². The average Bonchev–Trinajstić information content (AvgIpc) is 3.31. The number of benzene rings is 2. The molecule has 8 nitrogen and oxygen atoms in total. The van der Waals surface area contributed by atoms with E-state index in [2.05, 4.69) is 0 Å². The molecule has 0 aromatic heterocycles. The summed E-state index contributed by atoms with van der Waals surface area (Å²) < 4.78 is 15.9. The summed E-state index contributed by atoms with van der Waals surface area (Å²) in [5.41, 5.74) is 1.93. The van der Waals surface area contributed by atoms with Crippen LogP contribution in [0.1, 0.15) is 11.1 Å². The third-order valence-electron chi connectivity index (χ3n) is 5.12. The van der Waals surface area contributed by atoms with Crippen LogP contribution in [0.4, 0.5) is 0 Å². The van der Waals surface area contributed by atoms with Crippen molar-refractivity contribution in [3.63, 3.8) is 0 Å². The van der Waals surface area contributed by atoms with Gasteiger partial charge in [0.15, 0.2) is 11.5 Å². The van der Waals surface area contributed by atoms with Crippen LogP contribution in [-0.4, -0.2) is 60.8 Å². The standard InChI is InChI=1S/C22H22N2O6/c1-23(9-10-25)20-19(15-4-6-16(28-2)7-5-15)21(26)24(22(20)27)12-14-3-8-17-18(11-14)30-13-29-17/h3-8,11,25H,9-10,12-13H2,1-2H3. The molecule has 156 valence electrons. The first-order valence-electron chi connectivity index (χ1n) is 9.49. The predicted molar refractivity (Wildman–Crippen MR) is 108 cm³/mol. The second-order valence-corrected chi connectivity index (χ2v) is 6.98. The molecule has 4 rings (SSSR count). The quantitative estimate of drug-likeness (QED) is 0.694. The lowest BCUT2D eigenvalue weighted by molar-refractivity contribution is -0.138. The first-order chi connectivity index (χ1) is 14.5. The Balaban J connectivity index is 1.68. The molecule has 0 spiro atoms. The van der Waals surface area contributed by atoms with Gasteiger partial charge in [-0.15, -0.1) is 0 Å². The van der Waals surface area contributed by atoms with Crippen LogP contribution in [0.3, 0.4) is 0 Å². The molecule has 1 N–H and O–H groups in total. The molecule has 2 aromatic carbocycles. The fraction of sp³-hybridized carbons (Fsp3) is 0.273. The molecule has 0 saturated carbocycles. The molecule has 0 radical (unpaired) electrons. The molecule has 0 aliphatic carbocycles. The zero-order valence-electron chi connectivity index (χ0n) is 16.8. The van der Waals surface area contributed by atoms with Gasteiger partial charge in [0.05, 0.1) is 25.8 Å². The lowest BCUT2D eigenvalue weighted by Gasteiger charge is -2.20. The number of aliphatic hydroxyl groups excluding tert-OH is 1. The summed E-state index contributed by atoms with van der Waals surface area (Å²) in [6.45, 7) is 0.343. The molecule has 0 unspecified atom stereocenters. The number of aliphatic hydroxyl groups is 1. The number of nitrogens with zero attached hydrogens (tertiary/aromatic N) is 2. The van der Waals surface area contributed by atoms with Crippen molar-refractivity contribution < 1.29 is 28.9 Å². The predicted octanol–water partition coefficient (Wildman–Crippen LogP) is 1.63. The van der Waals surface area contributed by atoms with Crippen molar-refractivity contribution in [2.24, 2.45) is 0 Å². The van der Waals surface area contributed by atoms with E-state index < -0.39 is 5.91 Å². The zero-order valence-corrected chi connectivity index (χ0v) is 16.8. The molecule has 0 atom stereocenters. The molecular weight excluding hydrogens is 388 g/mol. The van der Waals surface area contributed by atoms with E-state index in [9.17, 15) is 14.7 Å². The molecule has 0 fully saturated rings. The Bertz CT molecular complexity index is 1010. The van der Waals surface area contributed by atoms with Gasteiger partial charge in [0.25, 0.3) is 11.8 Å². The van der Waals surface area contributed by atoms with Gasteiger partial charge in [-0.2, -0.15) is 0 Å². The lowest BCUT2D eigenvalue weighted by atomic mass is 10.0. The fourth-order valence-electron chi connectivity index (χ4n) is 3.56. The van der Waals surface area contributed by atoms with Crippen molar-refractivity contribution >= 4 is 17.4 Å². The van der Waals surface area contributed by atoms with Crippen LogP contribution in [0.15, 0.2) is 48.2 Å². The van der Waals surface area contributed by atoms with E-state index in [0.29, 0.717) is 28.4 Å². The Labute approximate surface area is 173 Å². The molecule has 2 aliphatic rings. The number of carbonyl (C=O) groups is 2. The van der Waals surface area contributed by atoms with E-state index in [1.807, 2.05) is 0 Å². The third-order valence-corrected chi connectivity index (χ3v) is 5.12. The molecule has 0 bridgehead atoms. The summed E-state index contributed by atoms with van der Waals surface area (Å²) >= 11 is 0. The van der Waals surface area contributed by atoms with Crippen LogP contribution >= 0.6 is 0 Å². The minimum absolute atomic E-state index is 0.102. The second-order valence-electron chi connectivity index (χ2n) is 6.98. The number of ether oxygens (including phenoxy) is 3. The summed E-state index contributed by atoms with van der Waals surface area (Å²) in [4.78, 5) is 29.3. The van der Waals surface area contributed by atoms with Crippen LogP contribution < -0.4 is 14.2 Å². The van der Waals surface area contributed by atoms with E-state index >= 15 is 0 Å². The number of fused-ring (bicyclic) bond motifs is 1. The Hall–Kier alpha value is -3.52. The topological polar surface area (TPSA) is 88.5 Å². The van der Waals surface area contributed by atoms with Gasteiger partial charge in [-0.3, -0.25) is 14.5 Å². The smallest absolute Gasteiger partial charge is 0.278 e. The number of likely N-dealkylation sites (N-methyl/N-ethyl adjacent to an activating group) is 1. The maximum absolute atomic E-state index is 13.3. The third kappa shape index (κ3) is 3.46. The number of methoxy groups -OCH3 is 1. The van der Waals surface area contributed by atoms with Gasteiger partial charge < -0.3 is 24.2 Å². The molecule has 2 amide bonds. The number of hydrogen-bond donors (Lipinski definition) is 1. The van der Waals surface area contributed by atoms with Crippen LogP contribution in [-0.2, 0) is 16.1 Å². The minimum atomic E-state index is -0.403. The van der Waals surface area contributed by atoms with Crippen LogP contribution in [0.25, 0.3) is 5.57 Å². The number of amides is 2. The molecular formula is C22H22N2O6. The van der Waals surface area contributed by atoms with Crippen LogP contribution in [0.5, 0.6) is 17.2 Å². The van der Waals surface area contributed by atoms with Crippen molar-refractivity contribution in [3.05, 3.63) is 59.3 Å². The Morgan fingerprint density at radius 2 is 1.80 bits per heavy atom. The largest absolute Gasteiger partial charge is 0.497 e. The average molecular weight is 410 g/mol. The molecule has 30 heavy (non-hydrogen) atoms. The van der Waals surface area contributed by atoms with Crippen LogP contribution in [0, 0.1) is 0 Å². The fourth-order valence-corrected chi connectivity index (χ4v) is 3.56. The first kappa shape index (κ1) is 19.8. The number of imide groups is 1. The maximum Gasteiger partial charge on any atom is 0.278 e. The zero-order chi connectivity index (χ0) is 21.3. The number of hydrogen-bond acceptors (Lipinski definition) is 7. The number of carbonyl (C=O) groups excluding carboxylic acids is 2. The summed E-state index contributed by atoms with van der Waals surface area (Å²) in [5, 5.41) is 9.35. The van der Waals surface area contributed by atoms with Crippen molar-refractivity contribution in [1.82, 2.24) is 9.80 Å². The van der Waals surface area contributed by atoms with Gasteiger partial charge in [-0.25, -0.2) is 0 Å². The van der Waals surface area contributed by atoms with Gasteiger partial charge >= 0.3 is 0 Å². The van der Waals surface area contributed by atoms with Gasteiger partial charge in [0.1, 0.15) is 11.4 Å². The normalized spacial score (nSPS) is 15.2. The van der Waals surface area contributed by atoms with E-state index in [1.54, 1.807) is 61.5 Å². The Kier molecular flexibility index (Phi) is 5.33. The molecule has 2 heterocycles. The summed E-state index contributed by atoms with van der Waals surface area (Å²) in [6.07, 6.45) is 0. The highest BCUT2D eigenvalue weighted by molar-refractivity contribution is 6.35. The number of rotatable bonds is 7. The minimum Gasteiger partial charge on any atom is -0.497 e. The maximum atomic E-state index is 13.3. The van der Waals surface area contributed by atoms with E-state index in [0.717, 1.165) is 5.56 Å². The molecule has 2 aromatic rings. The van der Waals surface area contributed by atoms with Gasteiger partial charge in [-0.05, 0) is 35.4 Å². The lowest BCUT2D eigenvalue weighted by Crippen LogP contribution is -2.34. The van der Waals surface area contributed by atoms with E-state index in [-0.39, 0.29) is 38.1 Å². The van der Waals surface area contributed by atoms with Crippen molar-refractivity contribution in [2.45, 2.75) is 6.54 Å². The molecule has 0 saturated heterocycles. The Morgan fingerprint density at radius 1 is 1.07 bits per heavy atom. The second kappa shape index (κ2) is 8.08. The first-order valence-corrected chi connectivity index (χ1v) is 9.49. The molecule has 8 heteroatoms. The van der Waals surface area contributed by atoms with Crippen molar-refractivity contribution in [1.29, 1.82) is 0 Å². The van der Waals surface area contributed by atoms with Gasteiger partial charge in [-0.1, -0.05) is 18.2 Å². The van der Waals surface area contributed by atoms with Crippen molar-refractivity contribution in [2.75, 3.05) is 34.1 Å². The highest BCUT2D eigenvalue weighted by atomic mass is 16.7. The summed E-state index contributed by atoms with van der Waals surface area (Å²) in [7, 11) is 3.25. The summed E-state index contributed by atoms with van der Waals surface area (Å²) in [5.74, 6) is 1.09. The highest BCUT2D eigenvalue weighted by Crippen LogP contribution is 2.35.